The van der Waals surface area contributed by atoms with Crippen LogP contribution in [0.4, 0.5) is 0 Å². The largest absolute Gasteiger partial charge is 0.280 e. The molecule has 0 N–H and O–H groups in total. The molecular weight excluding hydrogens is 805 g/mol. The van der Waals surface area contributed by atoms with Crippen LogP contribution in [0.25, 0.3) is 0 Å². The topological polar surface area (TPSA) is 0 Å². The molecule has 0 saturated heterocycles. The van der Waals surface area contributed by atoms with E-state index in [4.69, 9.17) is 0 Å². The minimum atomic E-state index is -1.51. The number of hydrogen-bond donors (Lipinski definition) is 0. The van der Waals surface area contributed by atoms with E-state index in [0.29, 0.717) is 71.0 Å². The van der Waals surface area contributed by atoms with Crippen molar-refractivity contribution in [2.75, 3.05) is 0 Å². The van der Waals surface area contributed by atoms with Gasteiger partial charge in [0, 0.05) is 5.19 Å². The van der Waals surface area contributed by atoms with E-state index in [1.807, 2.05) is 0 Å². The van der Waals surface area contributed by atoms with Gasteiger partial charge in [-0.05, 0) is 109 Å². The highest BCUT2D eigenvalue weighted by atomic mass is 29.4. The molecule has 0 fully saturated rings. The molecule has 0 atom stereocenters. The van der Waals surface area contributed by atoms with E-state index in [-0.39, 0.29) is 0 Å². The SMILES string of the molecule is CC(C)C1=C[C-](C(C)C)C=C(C(C)C)C1=[Si](c1c(C(C)C)cc(C(C)C)cc1C(C)C)[Si](=[Si+]c1c(C(C)C)cc(C(C)C)cc1C(C)C)c1c(C(C)C)cc(C(C)C)cc1C(C)C. The highest BCUT2D eigenvalue weighted by Gasteiger charge is 2.40. The Balaban J connectivity index is 2.67. The summed E-state index contributed by atoms with van der Waals surface area (Å²) in [5.74, 6) is 6.87. The van der Waals surface area contributed by atoms with Gasteiger partial charge in [-0.1, -0.05) is 225 Å². The molecule has 4 rings (SSSR count). The Hall–Kier alpha value is -2.47. The second kappa shape index (κ2) is 21.9. The van der Waals surface area contributed by atoms with Gasteiger partial charge in [-0.15, -0.1) is 11.1 Å². The van der Waals surface area contributed by atoms with E-state index in [0.717, 1.165) is 8.61 Å². The summed E-state index contributed by atoms with van der Waals surface area (Å²) in [6.45, 7) is 59.2. The quantitative estimate of drug-likeness (QED) is 0.0993. The molecule has 0 heterocycles. The van der Waals surface area contributed by atoms with Crippen molar-refractivity contribution < 1.29 is 0 Å². The molecule has 0 spiro atoms. The molecule has 3 heteroatoms. The van der Waals surface area contributed by atoms with Crippen molar-refractivity contribution in [2.45, 2.75) is 219 Å². The van der Waals surface area contributed by atoms with Gasteiger partial charge in [0.1, 0.15) is 0 Å². The molecule has 3 aromatic rings. The van der Waals surface area contributed by atoms with Gasteiger partial charge in [0.15, 0.2) is 8.61 Å². The summed E-state index contributed by atoms with van der Waals surface area (Å²) in [6.07, 6.45) is 5.39. The highest BCUT2D eigenvalue weighted by Crippen LogP contribution is 2.36. The summed E-state index contributed by atoms with van der Waals surface area (Å²) in [7, 11) is -2.18. The van der Waals surface area contributed by atoms with Crippen molar-refractivity contribution in [3.63, 3.8) is 0 Å². The Labute approximate surface area is 395 Å². The maximum atomic E-state index is 2.70. The summed E-state index contributed by atoms with van der Waals surface area (Å²) >= 11 is 0. The predicted molar refractivity (Wildman–Crippen MR) is 291 cm³/mol. The molecule has 0 unspecified atom stereocenters. The maximum absolute atomic E-state index is 2.70. The number of benzene rings is 3. The van der Waals surface area contributed by atoms with Gasteiger partial charge >= 0.3 is 0 Å². The lowest BCUT2D eigenvalue weighted by atomic mass is 9.78. The lowest BCUT2D eigenvalue weighted by molar-refractivity contribution is 0.701. The first-order chi connectivity index (χ1) is 29.2. The lowest BCUT2D eigenvalue weighted by Crippen LogP contribution is -2.55. The van der Waals surface area contributed by atoms with Gasteiger partial charge in [0.25, 0.3) is 7.41 Å². The van der Waals surface area contributed by atoms with E-state index in [1.165, 1.54) is 22.6 Å². The fourth-order valence-electron chi connectivity index (χ4n) is 9.58. The molecule has 0 bridgehead atoms. The monoisotopic (exact) mass is 897 g/mol. The highest BCUT2D eigenvalue weighted by molar-refractivity contribution is 7.42. The molecule has 3 aromatic carbocycles. The van der Waals surface area contributed by atoms with Crippen molar-refractivity contribution in [1.82, 2.24) is 0 Å². The van der Waals surface area contributed by atoms with Crippen LogP contribution < -0.4 is 15.6 Å². The number of rotatable bonds is 16. The molecular formula is C60H92Si3. The van der Waals surface area contributed by atoms with Crippen molar-refractivity contribution in [2.24, 2.45) is 17.8 Å². The number of hydrogen-bond acceptors (Lipinski definition) is 0. The van der Waals surface area contributed by atoms with Crippen LogP contribution in [0.2, 0.25) is 0 Å². The van der Waals surface area contributed by atoms with Crippen molar-refractivity contribution in [3.05, 3.63) is 116 Å². The van der Waals surface area contributed by atoms with Crippen LogP contribution in [-0.2, 0) is 0 Å². The Morgan fingerprint density at radius 2 is 0.635 bits per heavy atom. The molecule has 1 aliphatic rings. The standard InChI is InChI=1S/C60H92Si3/c1-33(2)45-25-49(37(9)10)57(50(26-45)38(11)12)61-63(60-55(43(21)22)31-48(36(7)8)32-56(60)44(23)24)62(58-51(39(13)14)27-46(34(3)4)28-52(58)40(15)16)59-53(41(17)18)29-47(35(5)6)30-54(59)42(19)20/h25-44H,1-24H3. The average Bonchev–Trinajstić information content (AvgIpc) is 3.18. The zero-order chi connectivity index (χ0) is 47.7. The second-order valence-electron chi connectivity index (χ2n) is 23.0. The first-order valence-corrected chi connectivity index (χ1v) is 31.4. The minimum Gasteiger partial charge on any atom is -0.164 e. The lowest BCUT2D eigenvalue weighted by Gasteiger charge is -2.39. The molecule has 63 heavy (non-hydrogen) atoms. The van der Waals surface area contributed by atoms with Crippen LogP contribution in [0, 0.1) is 23.7 Å². The third kappa shape index (κ3) is 11.7. The van der Waals surface area contributed by atoms with E-state index in [9.17, 15) is 0 Å². The maximum Gasteiger partial charge on any atom is 0.280 e. The van der Waals surface area contributed by atoms with Gasteiger partial charge in [-0.25, -0.2) is 0 Å². The van der Waals surface area contributed by atoms with Gasteiger partial charge < -0.3 is 0 Å². The van der Waals surface area contributed by atoms with Crippen molar-refractivity contribution in [3.8, 4) is 0 Å². The predicted octanol–water partition coefficient (Wildman–Crippen LogP) is 15.7. The van der Waals surface area contributed by atoms with E-state index in [2.05, 4.69) is 215 Å². The zero-order valence-electron chi connectivity index (χ0n) is 45.0. The van der Waals surface area contributed by atoms with E-state index in [1.54, 1.807) is 65.3 Å². The molecule has 0 amide bonds. The molecule has 1 aliphatic carbocycles. The first-order valence-electron chi connectivity index (χ1n) is 25.4. The Bertz CT molecular complexity index is 2090. The minimum absolute atomic E-state index is 0.419. The fraction of sp³-hybridized carbons (Fsp3) is 0.600. The third-order valence-electron chi connectivity index (χ3n) is 13.8. The summed E-state index contributed by atoms with van der Waals surface area (Å²) in [4.78, 5) is 0. The first kappa shape index (κ1) is 53.1. The van der Waals surface area contributed by atoms with Crippen molar-refractivity contribution in [1.29, 1.82) is 0 Å². The summed E-state index contributed by atoms with van der Waals surface area (Å²) in [5.41, 5.74) is 17.5. The normalized spacial score (nSPS) is 14.3. The molecule has 344 valence electrons. The molecule has 0 saturated carbocycles. The van der Waals surface area contributed by atoms with E-state index < -0.39 is 15.3 Å². The zero-order valence-corrected chi connectivity index (χ0v) is 48.0. The van der Waals surface area contributed by atoms with Crippen molar-refractivity contribution >= 4 is 44.7 Å². The van der Waals surface area contributed by atoms with Gasteiger partial charge in [0.2, 0.25) is 7.93 Å². The van der Waals surface area contributed by atoms with Crippen LogP contribution in [0.15, 0.2) is 59.7 Å². The van der Waals surface area contributed by atoms with Crippen LogP contribution >= 0.6 is 0 Å². The van der Waals surface area contributed by atoms with Crippen LogP contribution in [-0.4, -0.2) is 29.1 Å². The molecule has 0 aromatic heterocycles. The Morgan fingerprint density at radius 1 is 0.349 bits per heavy atom. The number of allylic oxidation sites excluding steroid dienone is 4. The molecule has 0 nitrogen and oxygen atoms in total. The third-order valence-corrected chi connectivity index (χ3v) is 28.0. The van der Waals surface area contributed by atoms with Crippen LogP contribution in [0.5, 0.6) is 0 Å². The summed E-state index contributed by atoms with van der Waals surface area (Å²) < 4.78 is 0. The van der Waals surface area contributed by atoms with E-state index >= 15 is 0 Å². The van der Waals surface area contributed by atoms with Crippen LogP contribution in [0.1, 0.15) is 270 Å². The smallest absolute Gasteiger partial charge is 0.164 e. The fourth-order valence-corrected chi connectivity index (χ4v) is 28.6. The summed E-state index contributed by atoms with van der Waals surface area (Å²) in [5, 5.41) is 7.02. The average molecular weight is 898 g/mol. The Morgan fingerprint density at radius 3 is 0.889 bits per heavy atom. The van der Waals surface area contributed by atoms with Crippen LogP contribution in [0.3, 0.4) is 0 Å². The van der Waals surface area contributed by atoms with Gasteiger partial charge in [0.05, 0.1) is 5.19 Å². The van der Waals surface area contributed by atoms with Gasteiger partial charge in [-0.2, -0.15) is 18.1 Å². The molecule has 0 aliphatic heterocycles. The van der Waals surface area contributed by atoms with Gasteiger partial charge in [-0.3, -0.25) is 0 Å². The second-order valence-corrected chi connectivity index (χ2v) is 33.5. The molecule has 0 radical (unpaired) electrons. The summed E-state index contributed by atoms with van der Waals surface area (Å²) in [6, 6.07) is 16.1. The Kier molecular flexibility index (Phi) is 18.5.